The highest BCUT2D eigenvalue weighted by Gasteiger charge is 2.28. The molecule has 23 heavy (non-hydrogen) atoms. The summed E-state index contributed by atoms with van der Waals surface area (Å²) in [5, 5.41) is 5.29. The molecule has 0 bridgehead atoms. The van der Waals surface area contributed by atoms with E-state index in [-0.39, 0.29) is 17.7 Å². The standard InChI is InChI=1S/C16H16BrN3O2S/c17-13-4-2-1-3-12(13)15(22)20-8-5-11(6-9-20)14(21)19-16-18-7-10-23-16/h1-4,7,10-11H,5-6,8-9H2,(H,18,19,21). The van der Waals surface area contributed by atoms with E-state index in [0.717, 1.165) is 4.47 Å². The van der Waals surface area contributed by atoms with Crippen molar-refractivity contribution in [3.63, 3.8) is 0 Å². The Kier molecular flexibility index (Phi) is 5.07. The third kappa shape index (κ3) is 3.79. The van der Waals surface area contributed by atoms with Gasteiger partial charge < -0.3 is 10.2 Å². The molecule has 1 aliphatic heterocycles. The molecule has 1 saturated heterocycles. The minimum absolute atomic E-state index is 0.00654. The number of anilines is 1. The van der Waals surface area contributed by atoms with Gasteiger partial charge in [0, 0.05) is 35.1 Å². The molecule has 1 fully saturated rings. The number of rotatable bonds is 3. The van der Waals surface area contributed by atoms with Gasteiger partial charge in [0.2, 0.25) is 5.91 Å². The third-order valence-corrected chi connectivity index (χ3v) is 5.30. The molecule has 2 aromatic rings. The highest BCUT2D eigenvalue weighted by atomic mass is 79.9. The number of aromatic nitrogens is 1. The van der Waals surface area contributed by atoms with Gasteiger partial charge in [-0.15, -0.1) is 11.3 Å². The summed E-state index contributed by atoms with van der Waals surface area (Å²) in [5.74, 6) is -0.0636. The van der Waals surface area contributed by atoms with E-state index in [1.165, 1.54) is 11.3 Å². The Morgan fingerprint density at radius 2 is 2.00 bits per heavy atom. The lowest BCUT2D eigenvalue weighted by molar-refractivity contribution is -0.121. The maximum absolute atomic E-state index is 12.5. The second kappa shape index (κ2) is 7.23. The Labute approximate surface area is 146 Å². The highest BCUT2D eigenvalue weighted by molar-refractivity contribution is 9.10. The predicted octanol–water partition coefficient (Wildman–Crippen LogP) is 3.40. The minimum Gasteiger partial charge on any atom is -0.339 e. The van der Waals surface area contributed by atoms with Crippen molar-refractivity contribution in [2.45, 2.75) is 12.8 Å². The van der Waals surface area contributed by atoms with Crippen LogP contribution in [0, 0.1) is 5.92 Å². The minimum atomic E-state index is -0.0674. The molecule has 2 amide bonds. The van der Waals surface area contributed by atoms with E-state index in [2.05, 4.69) is 26.2 Å². The highest BCUT2D eigenvalue weighted by Crippen LogP contribution is 2.24. The number of carbonyl (C=O) groups is 2. The average molecular weight is 394 g/mol. The van der Waals surface area contributed by atoms with Crippen LogP contribution in [0.1, 0.15) is 23.2 Å². The first-order valence-corrected chi connectivity index (χ1v) is 9.06. The van der Waals surface area contributed by atoms with Gasteiger partial charge in [-0.25, -0.2) is 4.98 Å². The number of halogens is 1. The van der Waals surface area contributed by atoms with Crippen molar-refractivity contribution < 1.29 is 9.59 Å². The molecule has 0 radical (unpaired) electrons. The molecule has 1 aromatic heterocycles. The number of likely N-dealkylation sites (tertiary alicyclic amines) is 1. The largest absolute Gasteiger partial charge is 0.339 e. The topological polar surface area (TPSA) is 62.3 Å². The van der Waals surface area contributed by atoms with Crippen LogP contribution in [0.5, 0.6) is 0 Å². The first kappa shape index (κ1) is 16.1. The van der Waals surface area contributed by atoms with Crippen LogP contribution in [0.25, 0.3) is 0 Å². The Morgan fingerprint density at radius 3 is 2.65 bits per heavy atom. The Hall–Kier alpha value is -1.73. The van der Waals surface area contributed by atoms with Crippen LogP contribution in [-0.2, 0) is 4.79 Å². The number of thiazole rings is 1. The van der Waals surface area contributed by atoms with Gasteiger partial charge in [0.05, 0.1) is 5.56 Å². The van der Waals surface area contributed by atoms with Crippen molar-refractivity contribution in [1.29, 1.82) is 0 Å². The smallest absolute Gasteiger partial charge is 0.254 e. The van der Waals surface area contributed by atoms with E-state index in [0.29, 0.717) is 36.6 Å². The normalized spacial score (nSPS) is 15.4. The molecular formula is C16H16BrN3O2S. The van der Waals surface area contributed by atoms with Crippen LogP contribution >= 0.6 is 27.3 Å². The first-order chi connectivity index (χ1) is 11.1. The van der Waals surface area contributed by atoms with Crippen molar-refractivity contribution in [2.24, 2.45) is 5.92 Å². The molecule has 1 N–H and O–H groups in total. The van der Waals surface area contributed by atoms with E-state index in [1.54, 1.807) is 6.20 Å². The van der Waals surface area contributed by atoms with E-state index in [9.17, 15) is 9.59 Å². The quantitative estimate of drug-likeness (QED) is 0.868. The van der Waals surface area contributed by atoms with Crippen molar-refractivity contribution in [1.82, 2.24) is 9.88 Å². The predicted molar refractivity (Wildman–Crippen MR) is 93.5 cm³/mol. The molecule has 0 unspecified atom stereocenters. The molecule has 7 heteroatoms. The van der Waals surface area contributed by atoms with Crippen LogP contribution in [0.15, 0.2) is 40.3 Å². The fourth-order valence-electron chi connectivity index (χ4n) is 2.64. The lowest BCUT2D eigenvalue weighted by Gasteiger charge is -2.31. The summed E-state index contributed by atoms with van der Waals surface area (Å²) >= 11 is 4.82. The summed E-state index contributed by atoms with van der Waals surface area (Å²) in [5.41, 5.74) is 0.665. The van der Waals surface area contributed by atoms with Crippen molar-refractivity contribution in [3.8, 4) is 0 Å². The summed E-state index contributed by atoms with van der Waals surface area (Å²) in [6.07, 6.45) is 3.01. The molecule has 120 valence electrons. The van der Waals surface area contributed by atoms with Gasteiger partial charge in [0.15, 0.2) is 5.13 Å². The van der Waals surface area contributed by atoms with Gasteiger partial charge in [-0.1, -0.05) is 12.1 Å². The van der Waals surface area contributed by atoms with Gasteiger partial charge in [0.1, 0.15) is 0 Å². The van der Waals surface area contributed by atoms with Gasteiger partial charge in [-0.2, -0.15) is 0 Å². The van der Waals surface area contributed by atoms with Crippen molar-refractivity contribution >= 4 is 44.2 Å². The summed E-state index contributed by atoms with van der Waals surface area (Å²) in [7, 11) is 0. The molecule has 2 heterocycles. The van der Waals surface area contributed by atoms with E-state index >= 15 is 0 Å². The number of nitrogens with zero attached hydrogens (tertiary/aromatic N) is 2. The molecule has 3 rings (SSSR count). The van der Waals surface area contributed by atoms with Crippen LogP contribution in [0.4, 0.5) is 5.13 Å². The lowest BCUT2D eigenvalue weighted by Crippen LogP contribution is -2.41. The molecule has 1 aliphatic rings. The van der Waals surface area contributed by atoms with Crippen molar-refractivity contribution in [3.05, 3.63) is 45.9 Å². The van der Waals surface area contributed by atoms with Crippen LogP contribution in [-0.4, -0.2) is 34.8 Å². The molecule has 0 spiro atoms. The molecule has 1 aromatic carbocycles. The second-order valence-electron chi connectivity index (χ2n) is 5.37. The maximum Gasteiger partial charge on any atom is 0.254 e. The van der Waals surface area contributed by atoms with Crippen LogP contribution in [0.2, 0.25) is 0 Å². The zero-order valence-corrected chi connectivity index (χ0v) is 14.8. The number of carbonyl (C=O) groups excluding carboxylic acids is 2. The van der Waals surface area contributed by atoms with Gasteiger partial charge in [-0.05, 0) is 40.9 Å². The Morgan fingerprint density at radius 1 is 1.26 bits per heavy atom. The molecule has 0 atom stereocenters. The summed E-state index contributed by atoms with van der Waals surface area (Å²) in [4.78, 5) is 30.6. The molecule has 5 nitrogen and oxygen atoms in total. The van der Waals surface area contributed by atoms with E-state index in [4.69, 9.17) is 0 Å². The lowest BCUT2D eigenvalue weighted by atomic mass is 9.95. The number of hydrogen-bond donors (Lipinski definition) is 1. The Balaban J connectivity index is 1.57. The number of benzene rings is 1. The van der Waals surface area contributed by atoms with Gasteiger partial charge in [0.25, 0.3) is 5.91 Å². The second-order valence-corrected chi connectivity index (χ2v) is 7.12. The fraction of sp³-hybridized carbons (Fsp3) is 0.312. The van der Waals surface area contributed by atoms with Crippen molar-refractivity contribution in [2.75, 3.05) is 18.4 Å². The maximum atomic E-state index is 12.5. The summed E-state index contributed by atoms with van der Waals surface area (Å²) in [6.45, 7) is 1.19. The number of hydrogen-bond acceptors (Lipinski definition) is 4. The summed E-state index contributed by atoms with van der Waals surface area (Å²) < 4.78 is 0.800. The van der Waals surface area contributed by atoms with Crippen LogP contribution < -0.4 is 5.32 Å². The number of nitrogens with one attached hydrogen (secondary N) is 1. The van der Waals surface area contributed by atoms with Crippen LogP contribution in [0.3, 0.4) is 0 Å². The monoisotopic (exact) mass is 393 g/mol. The zero-order valence-electron chi connectivity index (χ0n) is 12.4. The van der Waals surface area contributed by atoms with Gasteiger partial charge >= 0.3 is 0 Å². The zero-order chi connectivity index (χ0) is 16.2. The van der Waals surface area contributed by atoms with E-state index < -0.39 is 0 Å². The summed E-state index contributed by atoms with van der Waals surface area (Å²) in [6, 6.07) is 7.41. The average Bonchev–Trinajstić information content (AvgIpc) is 3.08. The van der Waals surface area contributed by atoms with E-state index in [1.807, 2.05) is 34.5 Å². The SMILES string of the molecule is O=C(Nc1nccs1)C1CCN(C(=O)c2ccccc2Br)CC1. The number of amides is 2. The van der Waals surface area contributed by atoms with Gasteiger partial charge in [-0.3, -0.25) is 9.59 Å². The number of piperidine rings is 1. The fourth-order valence-corrected chi connectivity index (χ4v) is 3.63. The molecule has 0 aliphatic carbocycles. The first-order valence-electron chi connectivity index (χ1n) is 7.39. The Bertz CT molecular complexity index is 697. The third-order valence-electron chi connectivity index (χ3n) is 3.92. The molecular weight excluding hydrogens is 378 g/mol. The molecule has 0 saturated carbocycles.